The summed E-state index contributed by atoms with van der Waals surface area (Å²) in [6.07, 6.45) is 0.812. The zero-order valence-corrected chi connectivity index (χ0v) is 15.8. The van der Waals surface area contributed by atoms with Gasteiger partial charge in [0, 0.05) is 18.7 Å². The van der Waals surface area contributed by atoms with Gasteiger partial charge in [-0.05, 0) is 26.7 Å². The number of amides is 1. The summed E-state index contributed by atoms with van der Waals surface area (Å²) < 4.78 is 6.75. The van der Waals surface area contributed by atoms with Gasteiger partial charge in [-0.25, -0.2) is 0 Å². The summed E-state index contributed by atoms with van der Waals surface area (Å²) in [4.78, 5) is 37.7. The minimum atomic E-state index is -1.04. The molecule has 0 radical (unpaired) electrons. The average Bonchev–Trinajstić information content (AvgIpc) is 3.28. The third-order valence-corrected chi connectivity index (χ3v) is 4.80. The van der Waals surface area contributed by atoms with E-state index in [4.69, 9.17) is 4.74 Å². The van der Waals surface area contributed by atoms with Crippen molar-refractivity contribution in [3.63, 3.8) is 0 Å². The summed E-state index contributed by atoms with van der Waals surface area (Å²) in [5.41, 5.74) is 0.956. The highest BCUT2D eigenvalue weighted by molar-refractivity contribution is 5.85. The Kier molecular flexibility index (Phi) is 5.72. The molecule has 2 heterocycles. The van der Waals surface area contributed by atoms with E-state index in [1.54, 1.807) is 29.2 Å². The average molecular weight is 386 g/mol. The normalized spacial score (nSPS) is 14.7. The quantitative estimate of drug-likeness (QED) is 0.428. The minimum Gasteiger partial charge on any atom is -0.446 e. The van der Waals surface area contributed by atoms with Gasteiger partial charge in [-0.15, -0.1) is 0 Å². The fourth-order valence-corrected chi connectivity index (χ4v) is 3.39. The summed E-state index contributed by atoms with van der Waals surface area (Å²) in [5, 5.41) is 15.2. The number of carbonyl (C=O) groups is 2. The van der Waals surface area contributed by atoms with Crippen molar-refractivity contribution < 1.29 is 19.2 Å². The fourth-order valence-electron chi connectivity index (χ4n) is 3.39. The van der Waals surface area contributed by atoms with Crippen molar-refractivity contribution in [1.29, 1.82) is 0 Å². The van der Waals surface area contributed by atoms with Crippen molar-refractivity contribution in [3.8, 4) is 0 Å². The van der Waals surface area contributed by atoms with Gasteiger partial charge >= 0.3 is 11.7 Å². The zero-order chi connectivity index (χ0) is 20.3. The van der Waals surface area contributed by atoms with Crippen molar-refractivity contribution in [2.45, 2.75) is 39.3 Å². The molecule has 1 aliphatic rings. The van der Waals surface area contributed by atoms with Gasteiger partial charge in [0.25, 0.3) is 5.91 Å². The van der Waals surface area contributed by atoms with Crippen molar-refractivity contribution in [2.24, 2.45) is 0 Å². The molecule has 0 unspecified atom stereocenters. The van der Waals surface area contributed by atoms with E-state index in [1.807, 2.05) is 6.07 Å². The number of hydrogen-bond donors (Lipinski definition) is 0. The van der Waals surface area contributed by atoms with Crippen LogP contribution < -0.4 is 0 Å². The molecule has 0 spiro atoms. The molecule has 1 aliphatic heterocycles. The maximum absolute atomic E-state index is 12.9. The molecular formula is C19H22N4O5. The van der Waals surface area contributed by atoms with Gasteiger partial charge in [0.1, 0.15) is 17.9 Å². The van der Waals surface area contributed by atoms with Crippen LogP contribution in [0.3, 0.4) is 0 Å². The molecule has 0 N–H and O–H groups in total. The Morgan fingerprint density at radius 2 is 1.86 bits per heavy atom. The molecule has 9 heteroatoms. The molecule has 148 valence electrons. The SMILES string of the molecule is Cc1nn(CC(=O)O[C@@H](C(=O)N2CCCC2)c2ccccc2)c(C)c1[N+](=O)[O-]. The lowest BCUT2D eigenvalue weighted by Gasteiger charge is -2.23. The maximum atomic E-state index is 12.9. The van der Waals surface area contributed by atoms with Crippen LogP contribution in [-0.2, 0) is 20.9 Å². The summed E-state index contributed by atoms with van der Waals surface area (Å²) in [6.45, 7) is 4.01. The van der Waals surface area contributed by atoms with Gasteiger partial charge in [-0.2, -0.15) is 5.10 Å². The number of likely N-dealkylation sites (tertiary alicyclic amines) is 1. The van der Waals surface area contributed by atoms with Gasteiger partial charge in [0.15, 0.2) is 0 Å². The van der Waals surface area contributed by atoms with E-state index in [1.165, 1.54) is 18.5 Å². The van der Waals surface area contributed by atoms with E-state index in [0.29, 0.717) is 18.7 Å². The number of benzene rings is 1. The number of aryl methyl sites for hydroxylation is 1. The smallest absolute Gasteiger partial charge is 0.328 e. The van der Waals surface area contributed by atoms with E-state index in [2.05, 4.69) is 5.10 Å². The number of nitro groups is 1. The Hall–Kier alpha value is -3.23. The molecule has 1 aromatic carbocycles. The highest BCUT2D eigenvalue weighted by Gasteiger charge is 2.31. The largest absolute Gasteiger partial charge is 0.446 e. The molecule has 1 amide bonds. The van der Waals surface area contributed by atoms with Gasteiger partial charge in [-0.3, -0.25) is 24.4 Å². The molecule has 2 aromatic rings. The van der Waals surface area contributed by atoms with Gasteiger partial charge in [0.2, 0.25) is 6.10 Å². The van der Waals surface area contributed by atoms with E-state index in [0.717, 1.165) is 12.8 Å². The first-order valence-electron chi connectivity index (χ1n) is 9.10. The molecule has 9 nitrogen and oxygen atoms in total. The number of aromatic nitrogens is 2. The Balaban J connectivity index is 1.79. The van der Waals surface area contributed by atoms with E-state index in [9.17, 15) is 19.7 Å². The van der Waals surface area contributed by atoms with Crippen LogP contribution in [0, 0.1) is 24.0 Å². The predicted octanol–water partition coefficient (Wildman–Crippen LogP) is 2.32. The lowest BCUT2D eigenvalue weighted by molar-refractivity contribution is -0.386. The second-order valence-corrected chi connectivity index (χ2v) is 6.75. The Labute approximate surface area is 162 Å². The van der Waals surface area contributed by atoms with Crippen LogP contribution in [0.5, 0.6) is 0 Å². The lowest BCUT2D eigenvalue weighted by Crippen LogP contribution is -2.35. The maximum Gasteiger partial charge on any atom is 0.328 e. The van der Waals surface area contributed by atoms with Crippen LogP contribution >= 0.6 is 0 Å². The minimum absolute atomic E-state index is 0.124. The van der Waals surface area contributed by atoms with Crippen LogP contribution in [0.1, 0.15) is 35.9 Å². The summed E-state index contributed by atoms with van der Waals surface area (Å²) in [5.74, 6) is -0.932. The van der Waals surface area contributed by atoms with E-state index < -0.39 is 17.0 Å². The molecule has 1 fully saturated rings. The number of esters is 1. The number of ether oxygens (including phenoxy) is 1. The van der Waals surface area contributed by atoms with Gasteiger partial charge < -0.3 is 9.64 Å². The molecular weight excluding hydrogens is 364 g/mol. The highest BCUT2D eigenvalue weighted by atomic mass is 16.6. The van der Waals surface area contributed by atoms with E-state index >= 15 is 0 Å². The standard InChI is InChI=1S/C19H22N4O5/c1-13-17(23(26)27)14(2)22(20-13)12-16(24)28-18(15-8-4-3-5-9-15)19(25)21-10-6-7-11-21/h3-5,8-9,18H,6-7,10-12H2,1-2H3/t18-/m1/s1. The predicted molar refractivity (Wildman–Crippen MR) is 99.4 cm³/mol. The van der Waals surface area contributed by atoms with Crippen LogP contribution in [-0.4, -0.2) is 44.6 Å². The molecule has 0 aliphatic carbocycles. The van der Waals surface area contributed by atoms with Gasteiger partial charge in [-0.1, -0.05) is 30.3 Å². The van der Waals surface area contributed by atoms with Gasteiger partial charge in [0.05, 0.1) is 4.92 Å². The number of carbonyl (C=O) groups excluding carboxylic acids is 2. The van der Waals surface area contributed by atoms with E-state index in [-0.39, 0.29) is 29.5 Å². The third-order valence-electron chi connectivity index (χ3n) is 4.80. The zero-order valence-electron chi connectivity index (χ0n) is 15.8. The lowest BCUT2D eigenvalue weighted by atomic mass is 10.1. The fraction of sp³-hybridized carbons (Fsp3) is 0.421. The van der Waals surface area contributed by atoms with Crippen molar-refractivity contribution in [2.75, 3.05) is 13.1 Å². The Morgan fingerprint density at radius 1 is 1.21 bits per heavy atom. The molecule has 1 aromatic heterocycles. The molecule has 28 heavy (non-hydrogen) atoms. The Bertz CT molecular complexity index is 887. The van der Waals surface area contributed by atoms with Crippen molar-refractivity contribution in [3.05, 3.63) is 57.4 Å². The molecule has 1 saturated heterocycles. The second kappa shape index (κ2) is 8.20. The molecule has 0 saturated carbocycles. The van der Waals surface area contributed by atoms with Crippen LogP contribution in [0.15, 0.2) is 30.3 Å². The topological polar surface area (TPSA) is 108 Å². The molecule has 3 rings (SSSR count). The molecule has 1 atom stereocenters. The third kappa shape index (κ3) is 4.03. The second-order valence-electron chi connectivity index (χ2n) is 6.75. The first kappa shape index (κ1) is 19.5. The molecule has 0 bridgehead atoms. The first-order valence-corrected chi connectivity index (χ1v) is 9.10. The van der Waals surface area contributed by atoms with Crippen molar-refractivity contribution in [1.82, 2.24) is 14.7 Å². The first-order chi connectivity index (χ1) is 13.4. The summed E-state index contributed by atoms with van der Waals surface area (Å²) in [7, 11) is 0. The van der Waals surface area contributed by atoms with Crippen LogP contribution in [0.2, 0.25) is 0 Å². The van der Waals surface area contributed by atoms with Crippen LogP contribution in [0.25, 0.3) is 0 Å². The highest BCUT2D eigenvalue weighted by Crippen LogP contribution is 2.25. The number of nitrogens with zero attached hydrogens (tertiary/aromatic N) is 4. The Morgan fingerprint density at radius 3 is 2.43 bits per heavy atom. The van der Waals surface area contributed by atoms with Crippen LogP contribution in [0.4, 0.5) is 5.69 Å². The summed E-state index contributed by atoms with van der Waals surface area (Å²) in [6, 6.07) is 8.84. The number of rotatable bonds is 6. The summed E-state index contributed by atoms with van der Waals surface area (Å²) >= 11 is 0. The monoisotopic (exact) mass is 386 g/mol. The number of hydrogen-bond acceptors (Lipinski definition) is 6. The van der Waals surface area contributed by atoms with Crippen molar-refractivity contribution >= 4 is 17.6 Å².